The Morgan fingerprint density at radius 3 is 2.61 bits per heavy atom. The lowest BCUT2D eigenvalue weighted by Gasteiger charge is -2.28. The number of Topliss-reactive ketones (excluding diaryl/α,β-unsaturated/α-hetero) is 1. The van der Waals surface area contributed by atoms with Gasteiger partial charge in [0.2, 0.25) is 0 Å². The van der Waals surface area contributed by atoms with E-state index in [0.717, 1.165) is 30.5 Å². The molecule has 1 saturated carbocycles. The van der Waals surface area contributed by atoms with Crippen molar-refractivity contribution in [3.05, 3.63) is 66.1 Å². The van der Waals surface area contributed by atoms with E-state index in [2.05, 4.69) is 34.7 Å². The van der Waals surface area contributed by atoms with Crippen molar-refractivity contribution in [1.29, 1.82) is 0 Å². The van der Waals surface area contributed by atoms with Crippen LogP contribution in [-0.2, 0) is 4.79 Å². The first-order valence-electron chi connectivity index (χ1n) is 9.62. The van der Waals surface area contributed by atoms with Gasteiger partial charge in [-0.15, -0.1) is 5.10 Å². The van der Waals surface area contributed by atoms with Crippen LogP contribution in [0.3, 0.4) is 0 Å². The minimum atomic E-state index is -0.291. The van der Waals surface area contributed by atoms with Crippen LogP contribution in [0.1, 0.15) is 30.9 Å². The van der Waals surface area contributed by atoms with Crippen LogP contribution in [0.2, 0.25) is 0 Å². The number of hydrogen-bond donors (Lipinski definition) is 1. The molecule has 1 heterocycles. The molecule has 0 aliphatic heterocycles. The SMILES string of the molecule is Cc1ccc(NC[C@@H]2CCCC(n3cc(-c4ccc(F)cc4)nn3)C2=O)cc1. The van der Waals surface area contributed by atoms with Gasteiger partial charge in [-0.2, -0.15) is 0 Å². The molecule has 1 N–H and O–H groups in total. The Morgan fingerprint density at radius 1 is 1.11 bits per heavy atom. The number of ketones is 1. The van der Waals surface area contributed by atoms with Gasteiger partial charge in [-0.25, -0.2) is 9.07 Å². The summed E-state index contributed by atoms with van der Waals surface area (Å²) in [7, 11) is 0. The van der Waals surface area contributed by atoms with E-state index in [-0.39, 0.29) is 23.6 Å². The fourth-order valence-corrected chi connectivity index (χ4v) is 3.67. The number of halogens is 1. The van der Waals surface area contributed by atoms with Crippen LogP contribution < -0.4 is 5.32 Å². The van der Waals surface area contributed by atoms with Crippen molar-refractivity contribution in [2.24, 2.45) is 5.92 Å². The molecule has 0 radical (unpaired) electrons. The zero-order valence-electron chi connectivity index (χ0n) is 15.8. The molecular weight excluding hydrogens is 355 g/mol. The van der Waals surface area contributed by atoms with E-state index in [1.165, 1.54) is 17.7 Å². The number of rotatable bonds is 5. The average molecular weight is 378 g/mol. The zero-order chi connectivity index (χ0) is 19.5. The smallest absolute Gasteiger partial charge is 0.162 e. The van der Waals surface area contributed by atoms with Crippen molar-refractivity contribution in [3.8, 4) is 11.3 Å². The van der Waals surface area contributed by atoms with Crippen molar-refractivity contribution < 1.29 is 9.18 Å². The van der Waals surface area contributed by atoms with Crippen LogP contribution in [0.4, 0.5) is 10.1 Å². The minimum absolute atomic E-state index is 0.0430. The number of nitrogens with zero attached hydrogens (tertiary/aromatic N) is 3. The molecule has 1 aliphatic carbocycles. The van der Waals surface area contributed by atoms with Gasteiger partial charge in [0, 0.05) is 23.7 Å². The quantitative estimate of drug-likeness (QED) is 0.714. The summed E-state index contributed by atoms with van der Waals surface area (Å²) in [4.78, 5) is 13.0. The van der Waals surface area contributed by atoms with Gasteiger partial charge in [0.25, 0.3) is 0 Å². The molecule has 2 aromatic carbocycles. The zero-order valence-corrected chi connectivity index (χ0v) is 15.8. The molecule has 0 saturated heterocycles. The maximum Gasteiger partial charge on any atom is 0.162 e. The van der Waals surface area contributed by atoms with E-state index in [9.17, 15) is 9.18 Å². The summed E-state index contributed by atoms with van der Waals surface area (Å²) < 4.78 is 14.8. The summed E-state index contributed by atoms with van der Waals surface area (Å²) in [6, 6.07) is 14.0. The maximum atomic E-state index is 13.1. The molecule has 28 heavy (non-hydrogen) atoms. The second-order valence-corrected chi connectivity index (χ2v) is 7.38. The second-order valence-electron chi connectivity index (χ2n) is 7.38. The normalized spacial score (nSPS) is 19.6. The number of carbonyl (C=O) groups excluding carboxylic acids is 1. The molecule has 0 bridgehead atoms. The first kappa shape index (κ1) is 18.3. The lowest BCUT2D eigenvalue weighted by Crippen LogP contribution is -2.34. The van der Waals surface area contributed by atoms with Crippen LogP contribution in [0.25, 0.3) is 11.3 Å². The molecule has 0 amide bonds. The van der Waals surface area contributed by atoms with Gasteiger partial charge < -0.3 is 5.32 Å². The van der Waals surface area contributed by atoms with Gasteiger partial charge in [0.05, 0.1) is 6.20 Å². The second kappa shape index (κ2) is 7.92. The fraction of sp³-hybridized carbons (Fsp3) is 0.318. The summed E-state index contributed by atoms with van der Waals surface area (Å²) in [5.74, 6) is -0.137. The minimum Gasteiger partial charge on any atom is -0.384 e. The predicted molar refractivity (Wildman–Crippen MR) is 106 cm³/mol. The molecule has 2 atom stereocenters. The fourth-order valence-electron chi connectivity index (χ4n) is 3.67. The van der Waals surface area contributed by atoms with E-state index in [0.29, 0.717) is 12.2 Å². The Labute approximate surface area is 163 Å². The Bertz CT molecular complexity index is 949. The Morgan fingerprint density at radius 2 is 1.86 bits per heavy atom. The Hall–Kier alpha value is -3.02. The van der Waals surface area contributed by atoms with Gasteiger partial charge in [0.1, 0.15) is 17.6 Å². The number of carbonyl (C=O) groups is 1. The van der Waals surface area contributed by atoms with Gasteiger partial charge in [-0.05, 0) is 56.2 Å². The first-order chi connectivity index (χ1) is 13.6. The lowest BCUT2D eigenvalue weighted by atomic mass is 9.84. The third-order valence-corrected chi connectivity index (χ3v) is 5.33. The first-order valence-corrected chi connectivity index (χ1v) is 9.62. The lowest BCUT2D eigenvalue weighted by molar-refractivity contribution is -0.128. The number of anilines is 1. The number of aryl methyl sites for hydroxylation is 1. The molecular formula is C22H23FN4O. The van der Waals surface area contributed by atoms with Crippen LogP contribution in [0.5, 0.6) is 0 Å². The highest BCUT2D eigenvalue weighted by molar-refractivity contribution is 5.86. The highest BCUT2D eigenvalue weighted by Crippen LogP contribution is 2.30. The third kappa shape index (κ3) is 3.96. The number of nitrogens with one attached hydrogen (secondary N) is 1. The molecule has 4 rings (SSSR count). The van der Waals surface area contributed by atoms with Gasteiger partial charge in [-0.1, -0.05) is 29.3 Å². The standard InChI is InChI=1S/C22H23FN4O/c1-15-5-11-19(12-6-15)24-13-17-3-2-4-21(22(17)28)27-14-20(25-26-27)16-7-9-18(23)10-8-16/h5-12,14,17,21,24H,2-4,13H2,1H3/t17-,21?/m0/s1. The number of aromatic nitrogens is 3. The molecule has 0 spiro atoms. The molecule has 5 nitrogen and oxygen atoms in total. The van der Waals surface area contributed by atoms with Crippen LogP contribution >= 0.6 is 0 Å². The van der Waals surface area contributed by atoms with Crippen molar-refractivity contribution in [1.82, 2.24) is 15.0 Å². The average Bonchev–Trinajstić information content (AvgIpc) is 3.19. The summed E-state index contributed by atoms with van der Waals surface area (Å²) >= 11 is 0. The topological polar surface area (TPSA) is 59.8 Å². The van der Waals surface area contributed by atoms with E-state index in [1.54, 1.807) is 23.0 Å². The summed E-state index contributed by atoms with van der Waals surface area (Å²) in [5, 5.41) is 11.7. The summed E-state index contributed by atoms with van der Waals surface area (Å²) in [6.45, 7) is 2.68. The van der Waals surface area contributed by atoms with Crippen molar-refractivity contribution in [3.63, 3.8) is 0 Å². The van der Waals surface area contributed by atoms with Crippen molar-refractivity contribution in [2.45, 2.75) is 32.2 Å². The molecule has 6 heteroatoms. The van der Waals surface area contributed by atoms with E-state index < -0.39 is 0 Å². The van der Waals surface area contributed by atoms with Crippen LogP contribution in [0, 0.1) is 18.7 Å². The molecule has 144 valence electrons. The van der Waals surface area contributed by atoms with E-state index in [1.807, 2.05) is 12.1 Å². The molecule has 1 unspecified atom stereocenters. The predicted octanol–water partition coefficient (Wildman–Crippen LogP) is 4.42. The van der Waals surface area contributed by atoms with Crippen molar-refractivity contribution >= 4 is 11.5 Å². The van der Waals surface area contributed by atoms with Crippen LogP contribution in [-0.4, -0.2) is 27.3 Å². The number of benzene rings is 2. The van der Waals surface area contributed by atoms with Crippen LogP contribution in [0.15, 0.2) is 54.7 Å². The molecule has 1 fully saturated rings. The largest absolute Gasteiger partial charge is 0.384 e. The monoisotopic (exact) mass is 378 g/mol. The molecule has 3 aromatic rings. The van der Waals surface area contributed by atoms with Gasteiger partial charge in [-0.3, -0.25) is 4.79 Å². The Balaban J connectivity index is 1.44. The van der Waals surface area contributed by atoms with E-state index in [4.69, 9.17) is 0 Å². The molecule has 1 aliphatic rings. The summed E-state index contributed by atoms with van der Waals surface area (Å²) in [5.41, 5.74) is 3.67. The Kier molecular flexibility index (Phi) is 5.19. The molecule has 1 aromatic heterocycles. The highest BCUT2D eigenvalue weighted by atomic mass is 19.1. The third-order valence-electron chi connectivity index (χ3n) is 5.33. The number of hydrogen-bond acceptors (Lipinski definition) is 4. The maximum absolute atomic E-state index is 13.1. The van der Waals surface area contributed by atoms with Gasteiger partial charge >= 0.3 is 0 Å². The highest BCUT2D eigenvalue weighted by Gasteiger charge is 2.33. The van der Waals surface area contributed by atoms with Crippen molar-refractivity contribution in [2.75, 3.05) is 11.9 Å². The summed E-state index contributed by atoms with van der Waals surface area (Å²) in [6.07, 6.45) is 4.41. The van der Waals surface area contributed by atoms with E-state index >= 15 is 0 Å². The van der Waals surface area contributed by atoms with Gasteiger partial charge in [0.15, 0.2) is 5.78 Å².